The lowest BCUT2D eigenvalue weighted by Gasteiger charge is -2.28. The van der Waals surface area contributed by atoms with Crippen LogP contribution in [0.25, 0.3) is 0 Å². The standard InChI is InChI=1S/C22H24N2O5S2/c1-28-20-14-16(22-30-11-12-31-22)6-8-19(20)29-21(25)15-5-7-17(18(13-15)24(26)27)23-9-3-2-4-10-23/h5-8,13-14,22H,2-4,9-12H2,1H3. The molecule has 9 heteroatoms. The van der Waals surface area contributed by atoms with Crippen molar-refractivity contribution in [1.82, 2.24) is 0 Å². The summed E-state index contributed by atoms with van der Waals surface area (Å²) in [6.45, 7) is 1.57. The van der Waals surface area contributed by atoms with Crippen LogP contribution in [0.1, 0.15) is 39.8 Å². The highest BCUT2D eigenvalue weighted by Gasteiger charge is 2.25. The van der Waals surface area contributed by atoms with Crippen molar-refractivity contribution in [2.45, 2.75) is 23.8 Å². The number of anilines is 1. The summed E-state index contributed by atoms with van der Waals surface area (Å²) in [5.41, 5.74) is 1.73. The monoisotopic (exact) mass is 460 g/mol. The van der Waals surface area contributed by atoms with E-state index in [1.165, 1.54) is 13.2 Å². The van der Waals surface area contributed by atoms with Gasteiger partial charge < -0.3 is 14.4 Å². The second-order valence-corrected chi connectivity index (χ2v) is 10.1. The maximum atomic E-state index is 12.8. The highest BCUT2D eigenvalue weighted by molar-refractivity contribution is 8.19. The average molecular weight is 461 g/mol. The van der Waals surface area contributed by atoms with Crippen LogP contribution in [0.3, 0.4) is 0 Å². The molecule has 0 spiro atoms. The Bertz CT molecular complexity index is 972. The SMILES string of the molecule is COc1cc(C2SCCS2)ccc1OC(=O)c1ccc(N2CCCCC2)c([N+](=O)[O-])c1. The molecule has 2 saturated heterocycles. The highest BCUT2D eigenvalue weighted by Crippen LogP contribution is 2.47. The highest BCUT2D eigenvalue weighted by atomic mass is 32.2. The molecule has 0 bridgehead atoms. The molecular formula is C22H24N2O5S2. The molecule has 164 valence electrons. The van der Waals surface area contributed by atoms with Gasteiger partial charge in [-0.25, -0.2) is 4.79 Å². The van der Waals surface area contributed by atoms with Gasteiger partial charge in [0.15, 0.2) is 11.5 Å². The van der Waals surface area contributed by atoms with Crippen LogP contribution in [-0.4, -0.2) is 42.6 Å². The summed E-state index contributed by atoms with van der Waals surface area (Å²) in [7, 11) is 1.53. The third-order valence-electron chi connectivity index (χ3n) is 5.39. The lowest BCUT2D eigenvalue weighted by Crippen LogP contribution is -2.30. The molecule has 2 aliphatic rings. The summed E-state index contributed by atoms with van der Waals surface area (Å²) in [5, 5.41) is 11.7. The van der Waals surface area contributed by atoms with Crippen LogP contribution in [0.15, 0.2) is 36.4 Å². The first-order valence-electron chi connectivity index (χ1n) is 10.2. The molecule has 0 radical (unpaired) electrons. The van der Waals surface area contributed by atoms with Crippen LogP contribution in [0, 0.1) is 10.1 Å². The number of carbonyl (C=O) groups is 1. The lowest BCUT2D eigenvalue weighted by atomic mass is 10.1. The number of carbonyl (C=O) groups excluding carboxylic acids is 1. The Balaban J connectivity index is 1.55. The zero-order chi connectivity index (χ0) is 21.8. The first kappa shape index (κ1) is 21.8. The maximum Gasteiger partial charge on any atom is 0.343 e. The number of benzene rings is 2. The Kier molecular flexibility index (Phi) is 6.92. The van der Waals surface area contributed by atoms with Crippen LogP contribution < -0.4 is 14.4 Å². The van der Waals surface area contributed by atoms with E-state index in [-0.39, 0.29) is 11.3 Å². The predicted octanol–water partition coefficient (Wildman–Crippen LogP) is 5.29. The van der Waals surface area contributed by atoms with Gasteiger partial charge in [0.05, 0.1) is 22.2 Å². The van der Waals surface area contributed by atoms with Gasteiger partial charge in [0.1, 0.15) is 5.69 Å². The number of hydrogen-bond donors (Lipinski definition) is 0. The third kappa shape index (κ3) is 4.93. The summed E-state index contributed by atoms with van der Waals surface area (Å²) >= 11 is 3.76. The number of hydrogen-bond acceptors (Lipinski definition) is 8. The van der Waals surface area contributed by atoms with E-state index >= 15 is 0 Å². The molecule has 0 unspecified atom stereocenters. The van der Waals surface area contributed by atoms with Crippen molar-refractivity contribution < 1.29 is 19.2 Å². The molecule has 0 saturated carbocycles. The molecule has 0 amide bonds. The van der Waals surface area contributed by atoms with Crippen molar-refractivity contribution in [3.05, 3.63) is 57.6 Å². The van der Waals surface area contributed by atoms with E-state index < -0.39 is 10.9 Å². The quantitative estimate of drug-likeness (QED) is 0.249. The van der Waals surface area contributed by atoms with Crippen LogP contribution in [-0.2, 0) is 0 Å². The van der Waals surface area contributed by atoms with Gasteiger partial charge in [-0.2, -0.15) is 0 Å². The largest absolute Gasteiger partial charge is 0.493 e. The van der Waals surface area contributed by atoms with Gasteiger partial charge in [-0.15, -0.1) is 23.5 Å². The number of thioether (sulfide) groups is 2. The number of rotatable bonds is 6. The van der Waals surface area contributed by atoms with Crippen LogP contribution >= 0.6 is 23.5 Å². The summed E-state index contributed by atoms with van der Waals surface area (Å²) in [4.78, 5) is 26.0. The molecule has 31 heavy (non-hydrogen) atoms. The number of methoxy groups -OCH3 is 1. The van der Waals surface area contributed by atoms with Gasteiger partial charge in [0, 0.05) is 30.7 Å². The number of nitro benzene ring substituents is 1. The number of nitrogens with zero attached hydrogens (tertiary/aromatic N) is 2. The average Bonchev–Trinajstić information content (AvgIpc) is 3.34. The molecule has 7 nitrogen and oxygen atoms in total. The van der Waals surface area contributed by atoms with Gasteiger partial charge in [-0.1, -0.05) is 6.07 Å². The lowest BCUT2D eigenvalue weighted by molar-refractivity contribution is -0.384. The van der Waals surface area contributed by atoms with Gasteiger partial charge in [0.2, 0.25) is 0 Å². The topological polar surface area (TPSA) is 81.9 Å². The molecule has 0 N–H and O–H groups in total. The molecule has 0 atom stereocenters. The van der Waals surface area contributed by atoms with Crippen molar-refractivity contribution in [3.63, 3.8) is 0 Å². The minimum Gasteiger partial charge on any atom is -0.493 e. The zero-order valence-corrected chi connectivity index (χ0v) is 18.9. The molecular weight excluding hydrogens is 436 g/mol. The Morgan fingerprint density at radius 3 is 2.48 bits per heavy atom. The van der Waals surface area contributed by atoms with Crippen molar-refractivity contribution in [2.24, 2.45) is 0 Å². The van der Waals surface area contributed by atoms with Crippen molar-refractivity contribution in [3.8, 4) is 11.5 Å². The van der Waals surface area contributed by atoms with E-state index in [2.05, 4.69) is 0 Å². The van der Waals surface area contributed by atoms with E-state index in [1.807, 2.05) is 40.6 Å². The van der Waals surface area contributed by atoms with Gasteiger partial charge in [-0.3, -0.25) is 10.1 Å². The smallest absolute Gasteiger partial charge is 0.343 e. The number of nitro groups is 1. The van der Waals surface area contributed by atoms with Crippen LogP contribution in [0.5, 0.6) is 11.5 Å². The molecule has 4 rings (SSSR count). The fourth-order valence-electron chi connectivity index (χ4n) is 3.82. The first-order chi connectivity index (χ1) is 15.1. The second-order valence-electron chi connectivity index (χ2n) is 7.38. The van der Waals surface area contributed by atoms with E-state index in [1.54, 1.807) is 18.2 Å². The normalized spacial score (nSPS) is 16.9. The van der Waals surface area contributed by atoms with Gasteiger partial charge >= 0.3 is 5.97 Å². The Labute approximate surface area is 189 Å². The summed E-state index contributed by atoms with van der Waals surface area (Å²) in [5.74, 6) is 2.34. The number of piperidine rings is 1. The van der Waals surface area contributed by atoms with Crippen LogP contribution in [0.4, 0.5) is 11.4 Å². The number of ether oxygens (including phenoxy) is 2. The predicted molar refractivity (Wildman–Crippen MR) is 125 cm³/mol. The fraction of sp³-hybridized carbons (Fsp3) is 0.409. The minimum absolute atomic E-state index is 0.0751. The molecule has 0 aliphatic carbocycles. The summed E-state index contributed by atoms with van der Waals surface area (Å²) in [6, 6.07) is 10.1. The summed E-state index contributed by atoms with van der Waals surface area (Å²) < 4.78 is 11.3. The molecule has 2 aromatic rings. The Morgan fingerprint density at radius 1 is 1.06 bits per heavy atom. The van der Waals surface area contributed by atoms with E-state index in [0.717, 1.165) is 49.4 Å². The van der Waals surface area contributed by atoms with E-state index in [4.69, 9.17) is 9.47 Å². The van der Waals surface area contributed by atoms with Gasteiger partial charge in [0.25, 0.3) is 5.69 Å². The fourth-order valence-corrected chi connectivity index (χ4v) is 6.66. The second kappa shape index (κ2) is 9.82. The Morgan fingerprint density at radius 2 is 1.81 bits per heavy atom. The molecule has 0 aromatic heterocycles. The van der Waals surface area contributed by atoms with Crippen molar-refractivity contribution in [2.75, 3.05) is 36.6 Å². The van der Waals surface area contributed by atoms with Crippen molar-refractivity contribution in [1.29, 1.82) is 0 Å². The van der Waals surface area contributed by atoms with E-state index in [9.17, 15) is 14.9 Å². The molecule has 2 aromatic carbocycles. The maximum absolute atomic E-state index is 12.8. The van der Waals surface area contributed by atoms with Gasteiger partial charge in [-0.05, 0) is 49.1 Å². The minimum atomic E-state index is -0.649. The first-order valence-corrected chi connectivity index (χ1v) is 12.3. The Hall–Kier alpha value is -2.39. The summed E-state index contributed by atoms with van der Waals surface area (Å²) in [6.07, 6.45) is 3.15. The van der Waals surface area contributed by atoms with Crippen molar-refractivity contribution >= 4 is 40.9 Å². The molecule has 2 aliphatic heterocycles. The number of esters is 1. The molecule has 2 heterocycles. The van der Waals surface area contributed by atoms with Crippen LogP contribution in [0.2, 0.25) is 0 Å². The zero-order valence-electron chi connectivity index (χ0n) is 17.2. The third-order valence-corrected chi connectivity index (χ3v) is 8.49. The molecule has 2 fully saturated rings. The van der Waals surface area contributed by atoms with E-state index in [0.29, 0.717) is 21.8 Å².